The summed E-state index contributed by atoms with van der Waals surface area (Å²) in [5, 5.41) is 0.461. The van der Waals surface area contributed by atoms with E-state index < -0.39 is 5.82 Å². The molecule has 1 heterocycles. The van der Waals surface area contributed by atoms with Crippen molar-refractivity contribution in [2.75, 3.05) is 5.73 Å². The van der Waals surface area contributed by atoms with Gasteiger partial charge in [0.2, 0.25) is 5.78 Å². The minimum atomic E-state index is -0.532. The number of rotatable bonds is 2. The van der Waals surface area contributed by atoms with Crippen LogP contribution in [-0.4, -0.2) is 5.78 Å². The van der Waals surface area contributed by atoms with Gasteiger partial charge in [-0.15, -0.1) is 11.3 Å². The van der Waals surface area contributed by atoms with Crippen LogP contribution in [0.5, 0.6) is 0 Å². The molecule has 0 bridgehead atoms. The summed E-state index contributed by atoms with van der Waals surface area (Å²) in [7, 11) is 0. The molecule has 0 radical (unpaired) electrons. The van der Waals surface area contributed by atoms with Crippen LogP contribution < -0.4 is 5.73 Å². The van der Waals surface area contributed by atoms with E-state index in [-0.39, 0.29) is 17.0 Å². The molecular formula is C11H6BrClFNOS. The molecule has 1 aromatic heterocycles. The largest absolute Gasteiger partial charge is 0.399 e. The molecule has 6 heteroatoms. The van der Waals surface area contributed by atoms with Crippen molar-refractivity contribution in [3.8, 4) is 0 Å². The number of nitrogen functional groups attached to an aromatic ring is 1. The molecule has 0 spiro atoms. The van der Waals surface area contributed by atoms with Crippen LogP contribution in [0.15, 0.2) is 28.1 Å². The second-order valence-electron chi connectivity index (χ2n) is 3.33. The number of benzene rings is 1. The zero-order valence-corrected chi connectivity index (χ0v) is 11.5. The molecule has 0 aliphatic heterocycles. The molecule has 17 heavy (non-hydrogen) atoms. The van der Waals surface area contributed by atoms with E-state index in [1.54, 1.807) is 6.07 Å². The zero-order valence-electron chi connectivity index (χ0n) is 8.34. The van der Waals surface area contributed by atoms with E-state index in [4.69, 9.17) is 17.3 Å². The number of ketones is 1. The van der Waals surface area contributed by atoms with Crippen molar-refractivity contribution in [3.63, 3.8) is 0 Å². The minimum absolute atomic E-state index is 0.216. The Morgan fingerprint density at radius 3 is 2.59 bits per heavy atom. The van der Waals surface area contributed by atoms with Gasteiger partial charge in [-0.2, -0.15) is 0 Å². The van der Waals surface area contributed by atoms with Crippen molar-refractivity contribution >= 4 is 50.3 Å². The number of carbonyl (C=O) groups is 1. The Bertz CT molecular complexity index is 559. The smallest absolute Gasteiger partial charge is 0.203 e. The van der Waals surface area contributed by atoms with Crippen LogP contribution in [0.4, 0.5) is 10.1 Å². The van der Waals surface area contributed by atoms with E-state index in [1.165, 1.54) is 17.4 Å². The van der Waals surface area contributed by atoms with E-state index in [0.29, 0.717) is 13.7 Å². The van der Waals surface area contributed by atoms with Gasteiger partial charge >= 0.3 is 0 Å². The lowest BCUT2D eigenvalue weighted by Crippen LogP contribution is -2.00. The van der Waals surface area contributed by atoms with Crippen LogP contribution in [0, 0.1) is 5.82 Å². The summed E-state index contributed by atoms with van der Waals surface area (Å²) in [4.78, 5) is 12.5. The molecule has 1 aromatic carbocycles. The molecular weight excluding hydrogens is 329 g/mol. The number of halogens is 3. The fraction of sp³-hybridized carbons (Fsp3) is 0. The fourth-order valence-corrected chi connectivity index (χ4v) is 3.01. The van der Waals surface area contributed by atoms with Gasteiger partial charge in [0.25, 0.3) is 0 Å². The number of hydrogen-bond donors (Lipinski definition) is 1. The number of thiophene rings is 1. The Hall–Kier alpha value is -0.910. The second-order valence-corrected chi connectivity index (χ2v) is 6.11. The van der Waals surface area contributed by atoms with Crippen LogP contribution in [0.2, 0.25) is 5.02 Å². The van der Waals surface area contributed by atoms with Crippen molar-refractivity contribution in [1.29, 1.82) is 0 Å². The highest BCUT2D eigenvalue weighted by molar-refractivity contribution is 9.11. The standard InChI is InChI=1S/C11H6BrClFNOS/c12-11-8(13)4-9(17-11)10(16)5-1-6(14)3-7(15)2-5/h1-4H,15H2. The summed E-state index contributed by atoms with van der Waals surface area (Å²) in [6, 6.07) is 5.29. The van der Waals surface area contributed by atoms with Gasteiger partial charge in [0, 0.05) is 11.3 Å². The van der Waals surface area contributed by atoms with E-state index in [9.17, 15) is 9.18 Å². The summed E-state index contributed by atoms with van der Waals surface area (Å²) in [5.41, 5.74) is 5.92. The maximum absolute atomic E-state index is 13.1. The van der Waals surface area contributed by atoms with E-state index in [1.807, 2.05) is 0 Å². The monoisotopic (exact) mass is 333 g/mol. The van der Waals surface area contributed by atoms with E-state index >= 15 is 0 Å². The van der Waals surface area contributed by atoms with Gasteiger partial charge in [-0.3, -0.25) is 4.79 Å². The van der Waals surface area contributed by atoms with Gasteiger partial charge in [0.15, 0.2) is 0 Å². The normalized spacial score (nSPS) is 10.5. The number of anilines is 1. The van der Waals surface area contributed by atoms with Crippen LogP contribution in [0.1, 0.15) is 15.2 Å². The lowest BCUT2D eigenvalue weighted by atomic mass is 10.1. The highest BCUT2D eigenvalue weighted by atomic mass is 79.9. The minimum Gasteiger partial charge on any atom is -0.399 e. The Labute approximate surface area is 114 Å². The zero-order chi connectivity index (χ0) is 12.6. The third kappa shape index (κ3) is 2.68. The van der Waals surface area contributed by atoms with Crippen molar-refractivity contribution in [2.24, 2.45) is 0 Å². The number of hydrogen-bond acceptors (Lipinski definition) is 3. The van der Waals surface area contributed by atoms with E-state index in [2.05, 4.69) is 15.9 Å². The summed E-state index contributed by atoms with van der Waals surface area (Å²) in [6.45, 7) is 0. The van der Waals surface area contributed by atoms with E-state index in [0.717, 1.165) is 12.1 Å². The maximum atomic E-state index is 13.1. The molecule has 0 aliphatic carbocycles. The second kappa shape index (κ2) is 4.76. The average Bonchev–Trinajstić information content (AvgIpc) is 2.57. The molecule has 0 saturated carbocycles. The molecule has 0 unspecified atom stereocenters. The average molecular weight is 335 g/mol. The summed E-state index contributed by atoms with van der Waals surface area (Å²) < 4.78 is 13.8. The van der Waals surface area contributed by atoms with Crippen LogP contribution in [0.25, 0.3) is 0 Å². The third-order valence-corrected chi connectivity index (χ3v) is 4.52. The first-order valence-corrected chi connectivity index (χ1v) is 6.51. The van der Waals surface area contributed by atoms with Gasteiger partial charge < -0.3 is 5.73 Å². The first-order chi connectivity index (χ1) is 7.97. The SMILES string of the molecule is Nc1cc(F)cc(C(=O)c2cc(Cl)c(Br)s2)c1. The fourth-order valence-electron chi connectivity index (χ4n) is 1.34. The molecule has 88 valence electrons. The Morgan fingerprint density at radius 1 is 1.35 bits per heavy atom. The van der Waals surface area contributed by atoms with Crippen molar-refractivity contribution in [1.82, 2.24) is 0 Å². The molecule has 2 rings (SSSR count). The van der Waals surface area contributed by atoms with Gasteiger partial charge in [-0.1, -0.05) is 11.6 Å². The molecule has 0 amide bonds. The molecule has 0 fully saturated rings. The number of nitrogens with two attached hydrogens (primary N) is 1. The van der Waals surface area contributed by atoms with Gasteiger partial charge in [0.1, 0.15) is 5.82 Å². The molecule has 2 N–H and O–H groups in total. The summed E-state index contributed by atoms with van der Waals surface area (Å²) in [5.74, 6) is -0.830. The third-order valence-electron chi connectivity index (χ3n) is 2.05. The Morgan fingerprint density at radius 2 is 2.06 bits per heavy atom. The molecule has 2 aromatic rings. The maximum Gasteiger partial charge on any atom is 0.203 e. The van der Waals surface area contributed by atoms with Crippen molar-refractivity contribution in [3.05, 3.63) is 49.3 Å². The van der Waals surface area contributed by atoms with Gasteiger partial charge in [0.05, 0.1) is 13.7 Å². The summed E-state index contributed by atoms with van der Waals surface area (Å²) >= 11 is 10.3. The van der Waals surface area contributed by atoms with Crippen LogP contribution in [0.3, 0.4) is 0 Å². The lowest BCUT2D eigenvalue weighted by molar-refractivity contribution is 0.104. The first-order valence-electron chi connectivity index (χ1n) is 4.53. The summed E-state index contributed by atoms with van der Waals surface area (Å²) in [6.07, 6.45) is 0. The lowest BCUT2D eigenvalue weighted by Gasteiger charge is -2.00. The number of carbonyl (C=O) groups excluding carboxylic acids is 1. The highest BCUT2D eigenvalue weighted by Crippen LogP contribution is 2.33. The predicted octanol–water partition coefficient (Wildman–Crippen LogP) is 4.12. The molecule has 0 atom stereocenters. The van der Waals surface area contributed by atoms with Crippen LogP contribution >= 0.6 is 38.9 Å². The van der Waals surface area contributed by atoms with Crippen LogP contribution in [-0.2, 0) is 0 Å². The Kier molecular flexibility index (Phi) is 3.51. The highest BCUT2D eigenvalue weighted by Gasteiger charge is 2.15. The van der Waals surface area contributed by atoms with Crippen molar-refractivity contribution in [2.45, 2.75) is 0 Å². The van der Waals surface area contributed by atoms with Gasteiger partial charge in [-0.05, 0) is 40.2 Å². The predicted molar refractivity (Wildman–Crippen MR) is 71.3 cm³/mol. The Balaban J connectivity index is 2.43. The molecule has 2 nitrogen and oxygen atoms in total. The van der Waals surface area contributed by atoms with Crippen molar-refractivity contribution < 1.29 is 9.18 Å². The topological polar surface area (TPSA) is 43.1 Å². The quantitative estimate of drug-likeness (QED) is 0.663. The first kappa shape index (κ1) is 12.5. The van der Waals surface area contributed by atoms with Gasteiger partial charge in [-0.25, -0.2) is 4.39 Å². The molecule has 0 saturated heterocycles. The molecule has 0 aliphatic rings.